The van der Waals surface area contributed by atoms with Gasteiger partial charge in [0.15, 0.2) is 0 Å². The summed E-state index contributed by atoms with van der Waals surface area (Å²) in [4.78, 5) is 17.1. The zero-order valence-corrected chi connectivity index (χ0v) is 17.3. The topological polar surface area (TPSA) is 42.0 Å². The smallest absolute Gasteiger partial charge is 0.226 e. The second-order valence-electron chi connectivity index (χ2n) is 8.21. The Morgan fingerprint density at radius 3 is 2.66 bits per heavy atom. The predicted molar refractivity (Wildman–Crippen MR) is 114 cm³/mol. The van der Waals surface area contributed by atoms with Gasteiger partial charge in [-0.15, -0.1) is 0 Å². The lowest BCUT2D eigenvalue weighted by molar-refractivity contribution is -0.135. The molecule has 0 unspecified atom stereocenters. The molecule has 5 heteroatoms. The predicted octanol–water partition coefficient (Wildman–Crippen LogP) is 3.52. The molecule has 4 rings (SSSR count). The molecule has 29 heavy (non-hydrogen) atoms. The van der Waals surface area contributed by atoms with E-state index in [1.165, 1.54) is 5.69 Å². The molecule has 0 radical (unpaired) electrons. The van der Waals surface area contributed by atoms with Crippen molar-refractivity contribution in [1.29, 1.82) is 0 Å². The van der Waals surface area contributed by atoms with Crippen LogP contribution in [0.15, 0.2) is 54.6 Å². The summed E-state index contributed by atoms with van der Waals surface area (Å²) in [6, 6.07) is 18.6. The molecular formula is C24H30N2O3. The first kappa shape index (κ1) is 19.8. The molecule has 0 N–H and O–H groups in total. The average molecular weight is 395 g/mol. The lowest BCUT2D eigenvalue weighted by Gasteiger charge is -2.39. The van der Waals surface area contributed by atoms with Crippen molar-refractivity contribution in [3.05, 3.63) is 60.2 Å². The average Bonchev–Trinajstić information content (AvgIpc) is 3.18. The van der Waals surface area contributed by atoms with E-state index in [0.717, 1.165) is 50.3 Å². The van der Waals surface area contributed by atoms with Gasteiger partial charge in [0.2, 0.25) is 5.91 Å². The fraction of sp³-hybridized carbons (Fsp3) is 0.458. The highest BCUT2D eigenvalue weighted by atomic mass is 16.5. The number of carbonyl (C=O) groups is 1. The van der Waals surface area contributed by atoms with Crippen molar-refractivity contribution in [2.75, 3.05) is 38.8 Å². The minimum atomic E-state index is -0.0829. The van der Waals surface area contributed by atoms with Crippen LogP contribution in [0.3, 0.4) is 0 Å². The van der Waals surface area contributed by atoms with Crippen molar-refractivity contribution in [3.63, 3.8) is 0 Å². The number of nitrogens with zero attached hydrogens (tertiary/aromatic N) is 2. The third-order valence-electron chi connectivity index (χ3n) is 6.42. The van der Waals surface area contributed by atoms with E-state index in [9.17, 15) is 4.79 Å². The molecule has 1 amide bonds. The summed E-state index contributed by atoms with van der Waals surface area (Å²) >= 11 is 0. The van der Waals surface area contributed by atoms with Gasteiger partial charge in [0, 0.05) is 25.8 Å². The summed E-state index contributed by atoms with van der Waals surface area (Å²) in [5.74, 6) is 0.977. The van der Waals surface area contributed by atoms with Gasteiger partial charge in [-0.05, 0) is 49.1 Å². The van der Waals surface area contributed by atoms with E-state index in [0.29, 0.717) is 12.5 Å². The number of rotatable bonds is 5. The third kappa shape index (κ3) is 4.40. The standard InChI is InChI=1S/C24H30N2O3/c1-25(20-8-4-3-5-9-20)21-17-24(29-18-21)11-13-26(14-12-24)23(27)16-19-7-6-10-22(15-19)28-2/h3-10,15,21H,11-14,16-18H2,1-2H3/t21-/m0/s1. The van der Waals surface area contributed by atoms with Gasteiger partial charge < -0.3 is 19.3 Å². The van der Waals surface area contributed by atoms with Gasteiger partial charge in [-0.1, -0.05) is 30.3 Å². The zero-order chi connectivity index (χ0) is 20.3. The number of para-hydroxylation sites is 1. The number of hydrogen-bond donors (Lipinski definition) is 0. The number of piperidine rings is 1. The number of likely N-dealkylation sites (tertiary alicyclic amines) is 1. The Hall–Kier alpha value is -2.53. The summed E-state index contributed by atoms with van der Waals surface area (Å²) in [5.41, 5.74) is 2.14. The number of ether oxygens (including phenoxy) is 2. The Morgan fingerprint density at radius 2 is 1.93 bits per heavy atom. The second-order valence-corrected chi connectivity index (χ2v) is 8.21. The van der Waals surface area contributed by atoms with E-state index in [1.54, 1.807) is 7.11 Å². The number of hydrogen-bond acceptors (Lipinski definition) is 4. The van der Waals surface area contributed by atoms with Gasteiger partial charge in [0.05, 0.1) is 31.8 Å². The molecule has 0 aromatic heterocycles. The maximum Gasteiger partial charge on any atom is 0.226 e. The fourth-order valence-electron chi connectivity index (χ4n) is 4.52. The Labute approximate surface area is 173 Å². The number of amides is 1. The molecule has 2 fully saturated rings. The van der Waals surface area contributed by atoms with Crippen molar-refractivity contribution in [3.8, 4) is 5.75 Å². The lowest BCUT2D eigenvalue weighted by atomic mass is 9.87. The lowest BCUT2D eigenvalue weighted by Crippen LogP contribution is -2.47. The second kappa shape index (κ2) is 8.46. The van der Waals surface area contributed by atoms with E-state index >= 15 is 0 Å². The Balaban J connectivity index is 1.31. The van der Waals surface area contributed by atoms with Crippen LogP contribution < -0.4 is 9.64 Å². The molecule has 1 spiro atoms. The number of carbonyl (C=O) groups excluding carboxylic acids is 1. The van der Waals surface area contributed by atoms with Crippen LogP contribution in [0.2, 0.25) is 0 Å². The van der Waals surface area contributed by atoms with Crippen LogP contribution >= 0.6 is 0 Å². The van der Waals surface area contributed by atoms with Gasteiger partial charge in [-0.2, -0.15) is 0 Å². The molecule has 0 bridgehead atoms. The monoisotopic (exact) mass is 394 g/mol. The van der Waals surface area contributed by atoms with E-state index in [1.807, 2.05) is 35.2 Å². The third-order valence-corrected chi connectivity index (χ3v) is 6.42. The van der Waals surface area contributed by atoms with Crippen LogP contribution in [0.5, 0.6) is 5.75 Å². The number of benzene rings is 2. The molecule has 2 aromatic carbocycles. The highest BCUT2D eigenvalue weighted by Crippen LogP contribution is 2.38. The Morgan fingerprint density at radius 1 is 1.17 bits per heavy atom. The molecule has 2 saturated heterocycles. The fourth-order valence-corrected chi connectivity index (χ4v) is 4.52. The number of anilines is 1. The number of likely N-dealkylation sites (N-methyl/N-ethyl adjacent to an activating group) is 1. The Kier molecular flexibility index (Phi) is 5.76. The molecule has 2 aliphatic rings. The van der Waals surface area contributed by atoms with Crippen molar-refractivity contribution in [2.24, 2.45) is 0 Å². The SMILES string of the molecule is COc1cccc(CC(=O)N2CCC3(CC2)C[C@H](N(C)c2ccccc2)CO3)c1. The number of methoxy groups -OCH3 is 1. The normalized spacial score (nSPS) is 20.6. The van der Waals surface area contributed by atoms with Crippen LogP contribution in [0.1, 0.15) is 24.8 Å². The quantitative estimate of drug-likeness (QED) is 0.778. The van der Waals surface area contributed by atoms with Crippen molar-refractivity contribution in [2.45, 2.75) is 37.3 Å². The van der Waals surface area contributed by atoms with Gasteiger partial charge >= 0.3 is 0 Å². The van der Waals surface area contributed by atoms with Gasteiger partial charge in [-0.3, -0.25) is 4.79 Å². The Bertz CT molecular complexity index is 831. The first-order chi connectivity index (χ1) is 14.1. The molecule has 2 aromatic rings. The molecule has 5 nitrogen and oxygen atoms in total. The summed E-state index contributed by atoms with van der Waals surface area (Å²) in [7, 11) is 3.80. The zero-order valence-electron chi connectivity index (χ0n) is 17.3. The summed E-state index contributed by atoms with van der Waals surface area (Å²) in [5, 5.41) is 0. The molecule has 2 heterocycles. The maximum atomic E-state index is 12.8. The molecular weight excluding hydrogens is 364 g/mol. The molecule has 2 aliphatic heterocycles. The van der Waals surface area contributed by atoms with E-state index in [-0.39, 0.29) is 11.5 Å². The van der Waals surface area contributed by atoms with Crippen LogP contribution in [0, 0.1) is 0 Å². The summed E-state index contributed by atoms with van der Waals surface area (Å²) < 4.78 is 11.6. The van der Waals surface area contributed by atoms with E-state index in [4.69, 9.17) is 9.47 Å². The van der Waals surface area contributed by atoms with Gasteiger partial charge in [0.1, 0.15) is 5.75 Å². The van der Waals surface area contributed by atoms with Crippen molar-refractivity contribution < 1.29 is 14.3 Å². The largest absolute Gasteiger partial charge is 0.497 e. The van der Waals surface area contributed by atoms with Gasteiger partial charge in [-0.25, -0.2) is 0 Å². The first-order valence-electron chi connectivity index (χ1n) is 10.4. The van der Waals surface area contributed by atoms with Crippen molar-refractivity contribution >= 4 is 11.6 Å². The van der Waals surface area contributed by atoms with E-state index in [2.05, 4.69) is 36.2 Å². The first-order valence-corrected chi connectivity index (χ1v) is 10.4. The van der Waals surface area contributed by atoms with Crippen LogP contribution in [0.4, 0.5) is 5.69 Å². The van der Waals surface area contributed by atoms with Crippen LogP contribution in [0.25, 0.3) is 0 Å². The summed E-state index contributed by atoms with van der Waals surface area (Å²) in [6.45, 7) is 2.29. The molecule has 0 aliphatic carbocycles. The van der Waals surface area contributed by atoms with Crippen LogP contribution in [-0.2, 0) is 16.0 Å². The highest BCUT2D eigenvalue weighted by molar-refractivity contribution is 5.79. The molecule has 154 valence electrons. The molecule has 0 saturated carbocycles. The maximum absolute atomic E-state index is 12.8. The summed E-state index contributed by atoms with van der Waals surface area (Å²) in [6.07, 6.45) is 3.27. The van der Waals surface area contributed by atoms with E-state index < -0.39 is 0 Å². The van der Waals surface area contributed by atoms with Crippen LogP contribution in [-0.4, -0.2) is 56.3 Å². The highest BCUT2D eigenvalue weighted by Gasteiger charge is 2.44. The van der Waals surface area contributed by atoms with Crippen molar-refractivity contribution in [1.82, 2.24) is 4.90 Å². The minimum Gasteiger partial charge on any atom is -0.497 e. The minimum absolute atomic E-state index is 0.0829. The van der Waals surface area contributed by atoms with Gasteiger partial charge in [0.25, 0.3) is 0 Å². The molecule has 1 atom stereocenters.